The molecule has 0 fully saturated rings. The Morgan fingerprint density at radius 3 is 2.00 bits per heavy atom. The van der Waals surface area contributed by atoms with Gasteiger partial charge in [0.15, 0.2) is 5.82 Å². The molecule has 2 aromatic carbocycles. The average molecular weight is 663 g/mol. The SMILES string of the molecule is N#Cc1c(-c2cccc([N+](=O)[O-])c2)cc(-c2ccccc2OC(=O)c2cccs2)nc1N(C(=O)c1cccs1)C(=O)c1cccs1. The first-order valence-electron chi connectivity index (χ1n) is 13.4. The molecule has 224 valence electrons. The predicted octanol–water partition coefficient (Wildman–Crippen LogP) is 8.09. The van der Waals surface area contributed by atoms with Gasteiger partial charge in [-0.3, -0.25) is 19.7 Å². The summed E-state index contributed by atoms with van der Waals surface area (Å²) in [5.74, 6) is -2.17. The van der Waals surface area contributed by atoms with Crippen molar-refractivity contribution in [1.82, 2.24) is 4.98 Å². The van der Waals surface area contributed by atoms with Gasteiger partial charge >= 0.3 is 5.97 Å². The van der Waals surface area contributed by atoms with Crippen molar-refractivity contribution < 1.29 is 24.0 Å². The van der Waals surface area contributed by atoms with Gasteiger partial charge < -0.3 is 4.74 Å². The molecule has 4 heterocycles. The molecule has 10 nitrogen and oxygen atoms in total. The molecular formula is C33H18N4O6S3. The Labute approximate surface area is 273 Å². The number of nitro benzene ring substituents is 1. The maximum absolute atomic E-state index is 14.0. The number of nitrogens with zero attached hydrogens (tertiary/aromatic N) is 4. The fourth-order valence-corrected chi connectivity index (χ4v) is 6.48. The molecule has 0 atom stereocenters. The van der Waals surface area contributed by atoms with Crippen molar-refractivity contribution in [2.24, 2.45) is 0 Å². The second-order valence-electron chi connectivity index (χ2n) is 9.44. The molecule has 0 unspecified atom stereocenters. The van der Waals surface area contributed by atoms with E-state index in [4.69, 9.17) is 9.72 Å². The van der Waals surface area contributed by atoms with E-state index in [1.165, 1.54) is 35.6 Å². The van der Waals surface area contributed by atoms with E-state index in [0.29, 0.717) is 10.4 Å². The van der Waals surface area contributed by atoms with Crippen LogP contribution in [-0.4, -0.2) is 27.7 Å². The van der Waals surface area contributed by atoms with Gasteiger partial charge in [-0.25, -0.2) is 14.7 Å². The van der Waals surface area contributed by atoms with Crippen LogP contribution in [-0.2, 0) is 0 Å². The van der Waals surface area contributed by atoms with Crippen LogP contribution in [0, 0.1) is 21.4 Å². The summed E-state index contributed by atoms with van der Waals surface area (Å²) >= 11 is 3.44. The lowest BCUT2D eigenvalue weighted by molar-refractivity contribution is -0.384. The zero-order valence-corrected chi connectivity index (χ0v) is 25.8. The number of amides is 2. The normalized spacial score (nSPS) is 10.6. The summed E-state index contributed by atoms with van der Waals surface area (Å²) in [4.78, 5) is 58.4. The molecular weight excluding hydrogens is 645 g/mol. The van der Waals surface area contributed by atoms with E-state index >= 15 is 0 Å². The van der Waals surface area contributed by atoms with Crippen LogP contribution in [0.3, 0.4) is 0 Å². The quantitative estimate of drug-likeness (QED) is 0.0523. The minimum atomic E-state index is -0.711. The average Bonchev–Trinajstić information content (AvgIpc) is 3.89. The van der Waals surface area contributed by atoms with Crippen LogP contribution < -0.4 is 9.64 Å². The molecule has 0 bridgehead atoms. The van der Waals surface area contributed by atoms with Gasteiger partial charge in [-0.15, -0.1) is 34.0 Å². The summed E-state index contributed by atoms with van der Waals surface area (Å²) in [6.45, 7) is 0. The fraction of sp³-hybridized carbons (Fsp3) is 0. The van der Waals surface area contributed by atoms with Crippen LogP contribution in [0.15, 0.2) is 107 Å². The summed E-state index contributed by atoms with van der Waals surface area (Å²) in [6.07, 6.45) is 0. The van der Waals surface area contributed by atoms with Gasteiger partial charge in [0.25, 0.3) is 17.5 Å². The van der Waals surface area contributed by atoms with Gasteiger partial charge in [0.2, 0.25) is 0 Å². The molecule has 0 spiro atoms. The number of para-hydroxylation sites is 1. The number of aromatic nitrogens is 1. The van der Waals surface area contributed by atoms with Gasteiger partial charge in [-0.1, -0.05) is 42.5 Å². The van der Waals surface area contributed by atoms with Gasteiger partial charge in [-0.05, 0) is 58.1 Å². The Kier molecular flexibility index (Phi) is 8.57. The first-order valence-corrected chi connectivity index (χ1v) is 16.0. The third-order valence-corrected chi connectivity index (χ3v) is 9.22. The van der Waals surface area contributed by atoms with Crippen LogP contribution in [0.2, 0.25) is 0 Å². The summed E-state index contributed by atoms with van der Waals surface area (Å²) in [7, 11) is 0. The maximum atomic E-state index is 14.0. The van der Waals surface area contributed by atoms with Crippen molar-refractivity contribution in [1.29, 1.82) is 5.26 Å². The number of imide groups is 1. The summed E-state index contributed by atoms with van der Waals surface area (Å²) < 4.78 is 5.74. The monoisotopic (exact) mass is 662 g/mol. The molecule has 0 saturated heterocycles. The third-order valence-electron chi connectivity index (χ3n) is 6.65. The van der Waals surface area contributed by atoms with Crippen molar-refractivity contribution in [2.45, 2.75) is 0 Å². The minimum Gasteiger partial charge on any atom is -0.422 e. The summed E-state index contributed by atoms with van der Waals surface area (Å²) in [6, 6.07) is 25.6. The topological polar surface area (TPSA) is 143 Å². The predicted molar refractivity (Wildman–Crippen MR) is 176 cm³/mol. The highest BCUT2D eigenvalue weighted by Crippen LogP contribution is 2.39. The molecule has 6 aromatic rings. The van der Waals surface area contributed by atoms with E-state index in [1.807, 2.05) is 0 Å². The fourth-order valence-electron chi connectivity index (χ4n) is 4.57. The Morgan fingerprint density at radius 2 is 1.41 bits per heavy atom. The zero-order valence-electron chi connectivity index (χ0n) is 23.4. The maximum Gasteiger partial charge on any atom is 0.353 e. The van der Waals surface area contributed by atoms with Crippen LogP contribution >= 0.6 is 34.0 Å². The van der Waals surface area contributed by atoms with Crippen molar-refractivity contribution in [3.8, 4) is 34.2 Å². The highest BCUT2D eigenvalue weighted by atomic mass is 32.1. The number of non-ortho nitro benzene ring substituents is 1. The second kappa shape index (κ2) is 13.0. The number of pyridine rings is 1. The number of nitro groups is 1. The molecule has 0 aliphatic carbocycles. The molecule has 0 radical (unpaired) electrons. The number of esters is 1. The summed E-state index contributed by atoms with van der Waals surface area (Å²) in [5.41, 5.74) is 0.522. The third kappa shape index (κ3) is 5.95. The molecule has 0 aliphatic heterocycles. The van der Waals surface area contributed by atoms with E-state index in [2.05, 4.69) is 6.07 Å². The zero-order chi connectivity index (χ0) is 32.2. The number of hydrogen-bond donors (Lipinski definition) is 0. The van der Waals surface area contributed by atoms with Crippen molar-refractivity contribution in [2.75, 3.05) is 4.90 Å². The number of hydrogen-bond acceptors (Lipinski definition) is 11. The highest BCUT2D eigenvalue weighted by molar-refractivity contribution is 7.13. The first-order chi connectivity index (χ1) is 22.4. The van der Waals surface area contributed by atoms with Crippen LogP contribution in [0.4, 0.5) is 11.5 Å². The number of carbonyl (C=O) groups is 3. The van der Waals surface area contributed by atoms with E-state index < -0.39 is 22.7 Å². The first kappa shape index (κ1) is 30.2. The van der Waals surface area contributed by atoms with Gasteiger partial charge in [0, 0.05) is 23.3 Å². The number of benzene rings is 2. The number of anilines is 1. The van der Waals surface area contributed by atoms with E-state index in [0.717, 1.165) is 27.6 Å². The molecule has 0 saturated carbocycles. The van der Waals surface area contributed by atoms with Crippen molar-refractivity contribution in [3.63, 3.8) is 0 Å². The van der Waals surface area contributed by atoms with E-state index in [1.54, 1.807) is 82.9 Å². The number of carbonyl (C=O) groups excluding carboxylic acids is 3. The molecule has 2 amide bonds. The number of thiophene rings is 3. The Morgan fingerprint density at radius 1 is 0.783 bits per heavy atom. The Hall–Kier alpha value is -5.81. The van der Waals surface area contributed by atoms with Gasteiger partial charge in [0.05, 0.1) is 20.4 Å². The largest absolute Gasteiger partial charge is 0.422 e. The van der Waals surface area contributed by atoms with Crippen molar-refractivity contribution >= 4 is 63.3 Å². The number of ether oxygens (including phenoxy) is 1. The molecule has 0 N–H and O–H groups in total. The standard InChI is InChI=1S/C33H18N4O6S3/c34-19-24-23(20-7-3-8-21(17-20)37(41)42)18-25(22-9-1-2-10-26(22)43-33(40)29-13-6-16-46-29)35-30(24)36(31(38)27-11-4-14-44-27)32(39)28-12-5-15-45-28/h1-18H. The number of nitriles is 1. The molecule has 0 aliphatic rings. The lowest BCUT2D eigenvalue weighted by Gasteiger charge is -2.22. The molecule has 6 rings (SSSR count). The van der Waals surface area contributed by atoms with Crippen LogP contribution in [0.1, 0.15) is 34.6 Å². The lowest BCUT2D eigenvalue weighted by atomic mass is 9.97. The van der Waals surface area contributed by atoms with Crippen molar-refractivity contribution in [3.05, 3.63) is 137 Å². The van der Waals surface area contributed by atoms with Gasteiger partial charge in [0.1, 0.15) is 22.3 Å². The van der Waals surface area contributed by atoms with E-state index in [-0.39, 0.29) is 49.4 Å². The molecule has 46 heavy (non-hydrogen) atoms. The second-order valence-corrected chi connectivity index (χ2v) is 12.3. The van der Waals surface area contributed by atoms with E-state index in [9.17, 15) is 29.8 Å². The Balaban J connectivity index is 1.62. The highest BCUT2D eigenvalue weighted by Gasteiger charge is 2.33. The minimum absolute atomic E-state index is 0.134. The van der Waals surface area contributed by atoms with Crippen LogP contribution in [0.5, 0.6) is 5.75 Å². The van der Waals surface area contributed by atoms with Gasteiger partial charge in [-0.2, -0.15) is 5.26 Å². The summed E-state index contributed by atoms with van der Waals surface area (Å²) in [5, 5.41) is 27.3. The van der Waals surface area contributed by atoms with Crippen LogP contribution in [0.25, 0.3) is 22.4 Å². The lowest BCUT2D eigenvalue weighted by Crippen LogP contribution is -2.37. The molecule has 13 heteroatoms. The number of rotatable bonds is 8. The Bertz CT molecular complexity index is 2090. The smallest absolute Gasteiger partial charge is 0.353 e. The molecule has 4 aromatic heterocycles.